The molecule has 1 aromatic rings. The van der Waals surface area contributed by atoms with Gasteiger partial charge in [0.1, 0.15) is 5.75 Å². The quantitative estimate of drug-likeness (QED) is 0.889. The van der Waals surface area contributed by atoms with Gasteiger partial charge in [0.05, 0.1) is 0 Å². The summed E-state index contributed by atoms with van der Waals surface area (Å²) in [4.78, 5) is 27.7. The second-order valence-electron chi connectivity index (χ2n) is 6.69. The van der Waals surface area contributed by atoms with Gasteiger partial charge in [0.15, 0.2) is 6.61 Å². The van der Waals surface area contributed by atoms with E-state index in [-0.39, 0.29) is 18.5 Å². The molecule has 1 aliphatic rings. The van der Waals surface area contributed by atoms with Gasteiger partial charge in [-0.2, -0.15) is 0 Å². The average Bonchev–Trinajstić information content (AvgIpc) is 2.59. The van der Waals surface area contributed by atoms with Crippen LogP contribution in [0.25, 0.3) is 0 Å². The maximum atomic E-state index is 12.4. The number of carbonyl (C=O) groups is 2. The lowest BCUT2D eigenvalue weighted by Gasteiger charge is -2.34. The third-order valence-corrected chi connectivity index (χ3v) is 4.39. The maximum absolute atomic E-state index is 12.4. The van der Waals surface area contributed by atoms with Crippen LogP contribution >= 0.6 is 0 Å². The van der Waals surface area contributed by atoms with Gasteiger partial charge in [-0.3, -0.25) is 4.79 Å². The zero-order valence-electron chi connectivity index (χ0n) is 15.7. The van der Waals surface area contributed by atoms with E-state index < -0.39 is 0 Å². The number of hydrogen-bond acceptors (Lipinski definition) is 3. The zero-order chi connectivity index (χ0) is 18.4. The second kappa shape index (κ2) is 8.74. The lowest BCUT2D eigenvalue weighted by atomic mass is 10.0. The van der Waals surface area contributed by atoms with E-state index in [0.29, 0.717) is 38.6 Å². The molecule has 0 spiro atoms. The van der Waals surface area contributed by atoms with E-state index in [2.05, 4.69) is 31.3 Å². The summed E-state index contributed by atoms with van der Waals surface area (Å²) in [5.74, 6) is 1.09. The molecule has 2 rings (SSSR count). The Morgan fingerprint density at radius 1 is 1.16 bits per heavy atom. The lowest BCUT2D eigenvalue weighted by Crippen LogP contribution is -2.53. The fourth-order valence-corrected chi connectivity index (χ4v) is 2.90. The van der Waals surface area contributed by atoms with Crippen LogP contribution in [0.4, 0.5) is 4.79 Å². The van der Waals surface area contributed by atoms with Crippen molar-refractivity contribution in [2.24, 2.45) is 0 Å². The predicted octanol–water partition coefficient (Wildman–Crippen LogP) is 2.37. The number of aryl methyl sites for hydroxylation is 1. The SMILES string of the molecule is CCNC(=O)N1CCN(C(=O)COc2cc(C)ccc2C(C)C)CC1. The molecule has 6 heteroatoms. The fourth-order valence-electron chi connectivity index (χ4n) is 2.90. The minimum Gasteiger partial charge on any atom is -0.483 e. The predicted molar refractivity (Wildman–Crippen MR) is 98.0 cm³/mol. The molecule has 1 heterocycles. The molecule has 0 bridgehead atoms. The third kappa shape index (κ3) is 5.11. The van der Waals surface area contributed by atoms with Crippen molar-refractivity contribution < 1.29 is 14.3 Å². The maximum Gasteiger partial charge on any atom is 0.317 e. The van der Waals surface area contributed by atoms with Gasteiger partial charge in [0.2, 0.25) is 0 Å². The fraction of sp³-hybridized carbons (Fsp3) is 0.579. The molecule has 0 saturated carbocycles. The number of benzene rings is 1. The van der Waals surface area contributed by atoms with E-state index >= 15 is 0 Å². The van der Waals surface area contributed by atoms with Crippen molar-refractivity contribution >= 4 is 11.9 Å². The molecular weight excluding hydrogens is 318 g/mol. The van der Waals surface area contributed by atoms with E-state index in [0.717, 1.165) is 16.9 Å². The van der Waals surface area contributed by atoms with Crippen LogP contribution in [0, 0.1) is 6.92 Å². The topological polar surface area (TPSA) is 61.9 Å². The number of nitrogens with one attached hydrogen (secondary N) is 1. The van der Waals surface area contributed by atoms with Gasteiger partial charge >= 0.3 is 6.03 Å². The third-order valence-electron chi connectivity index (χ3n) is 4.39. The number of piperazine rings is 1. The number of nitrogens with zero attached hydrogens (tertiary/aromatic N) is 2. The molecule has 1 saturated heterocycles. The highest BCUT2D eigenvalue weighted by molar-refractivity contribution is 5.79. The Morgan fingerprint density at radius 3 is 2.40 bits per heavy atom. The summed E-state index contributed by atoms with van der Waals surface area (Å²) in [6.45, 7) is 11.0. The molecule has 0 atom stereocenters. The number of hydrogen-bond donors (Lipinski definition) is 1. The average molecular weight is 347 g/mol. The minimum atomic E-state index is -0.0628. The van der Waals surface area contributed by atoms with Gasteiger partial charge in [0, 0.05) is 32.7 Å². The van der Waals surface area contributed by atoms with Gasteiger partial charge in [-0.15, -0.1) is 0 Å². The molecule has 1 aromatic carbocycles. The van der Waals surface area contributed by atoms with E-state index in [1.165, 1.54) is 0 Å². The Bertz CT molecular complexity index is 608. The first-order chi connectivity index (χ1) is 11.9. The van der Waals surface area contributed by atoms with E-state index in [1.807, 2.05) is 19.9 Å². The summed E-state index contributed by atoms with van der Waals surface area (Å²) in [5, 5.41) is 2.79. The summed E-state index contributed by atoms with van der Waals surface area (Å²) >= 11 is 0. The highest BCUT2D eigenvalue weighted by Crippen LogP contribution is 2.27. The van der Waals surface area contributed by atoms with Gasteiger partial charge < -0.3 is 19.9 Å². The standard InChI is InChI=1S/C19H29N3O3/c1-5-20-19(24)22-10-8-21(9-11-22)18(23)13-25-17-12-15(4)6-7-16(17)14(2)3/h6-7,12,14H,5,8-11,13H2,1-4H3,(H,20,24). The molecule has 3 amide bonds. The Morgan fingerprint density at radius 2 is 1.80 bits per heavy atom. The van der Waals surface area contributed by atoms with Crippen molar-refractivity contribution in [3.8, 4) is 5.75 Å². The zero-order valence-corrected chi connectivity index (χ0v) is 15.7. The number of ether oxygens (including phenoxy) is 1. The molecule has 1 aliphatic heterocycles. The molecule has 25 heavy (non-hydrogen) atoms. The van der Waals surface area contributed by atoms with Crippen LogP contribution in [0.2, 0.25) is 0 Å². The van der Waals surface area contributed by atoms with Crippen LogP contribution in [0.5, 0.6) is 5.75 Å². The van der Waals surface area contributed by atoms with Crippen molar-refractivity contribution in [3.63, 3.8) is 0 Å². The molecule has 6 nitrogen and oxygen atoms in total. The second-order valence-corrected chi connectivity index (χ2v) is 6.69. The van der Waals surface area contributed by atoms with Crippen molar-refractivity contribution in [2.75, 3.05) is 39.3 Å². The van der Waals surface area contributed by atoms with Gasteiger partial charge in [-0.25, -0.2) is 4.79 Å². The van der Waals surface area contributed by atoms with Crippen molar-refractivity contribution in [1.29, 1.82) is 0 Å². The molecule has 0 unspecified atom stereocenters. The van der Waals surface area contributed by atoms with Gasteiger partial charge in [-0.05, 0) is 37.0 Å². The number of rotatable bonds is 5. The molecular formula is C19H29N3O3. The summed E-state index contributed by atoms with van der Waals surface area (Å²) in [5.41, 5.74) is 2.22. The Balaban J connectivity index is 1.88. The Kier molecular flexibility index (Phi) is 6.67. The van der Waals surface area contributed by atoms with Crippen molar-refractivity contribution in [3.05, 3.63) is 29.3 Å². The number of amides is 3. The van der Waals surface area contributed by atoms with Crippen molar-refractivity contribution in [2.45, 2.75) is 33.6 Å². The van der Waals surface area contributed by atoms with E-state index in [4.69, 9.17) is 4.74 Å². The summed E-state index contributed by atoms with van der Waals surface area (Å²) in [7, 11) is 0. The van der Waals surface area contributed by atoms with Gasteiger partial charge in [0.25, 0.3) is 5.91 Å². The molecule has 138 valence electrons. The van der Waals surface area contributed by atoms with E-state index in [1.54, 1.807) is 9.80 Å². The summed E-state index contributed by atoms with van der Waals surface area (Å²) < 4.78 is 5.82. The largest absolute Gasteiger partial charge is 0.483 e. The first-order valence-electron chi connectivity index (χ1n) is 8.96. The first kappa shape index (κ1) is 19.1. The molecule has 1 N–H and O–H groups in total. The summed E-state index contributed by atoms with van der Waals surface area (Å²) in [6.07, 6.45) is 0. The van der Waals surface area contributed by atoms with Crippen LogP contribution in [0.1, 0.15) is 37.8 Å². The summed E-state index contributed by atoms with van der Waals surface area (Å²) in [6, 6.07) is 6.04. The normalized spacial score (nSPS) is 14.6. The highest BCUT2D eigenvalue weighted by Gasteiger charge is 2.24. The van der Waals surface area contributed by atoms with Crippen LogP contribution < -0.4 is 10.1 Å². The monoisotopic (exact) mass is 347 g/mol. The van der Waals surface area contributed by atoms with Crippen LogP contribution in [-0.2, 0) is 4.79 Å². The Labute approximate surface area is 150 Å². The first-order valence-corrected chi connectivity index (χ1v) is 8.96. The van der Waals surface area contributed by atoms with Crippen LogP contribution in [-0.4, -0.2) is 61.1 Å². The van der Waals surface area contributed by atoms with E-state index in [9.17, 15) is 9.59 Å². The smallest absolute Gasteiger partial charge is 0.317 e. The highest BCUT2D eigenvalue weighted by atomic mass is 16.5. The molecule has 0 radical (unpaired) electrons. The molecule has 0 aromatic heterocycles. The Hall–Kier alpha value is -2.24. The molecule has 0 aliphatic carbocycles. The van der Waals surface area contributed by atoms with Crippen LogP contribution in [0.15, 0.2) is 18.2 Å². The van der Waals surface area contributed by atoms with Crippen molar-refractivity contribution in [1.82, 2.24) is 15.1 Å². The van der Waals surface area contributed by atoms with Gasteiger partial charge in [-0.1, -0.05) is 26.0 Å². The number of urea groups is 1. The van der Waals surface area contributed by atoms with Crippen LogP contribution in [0.3, 0.4) is 0 Å². The minimum absolute atomic E-state index is 0.0321. The molecule has 1 fully saturated rings. The lowest BCUT2D eigenvalue weighted by molar-refractivity contribution is -0.134. The number of carbonyl (C=O) groups excluding carboxylic acids is 2.